The van der Waals surface area contributed by atoms with Crippen LogP contribution < -0.4 is 10.1 Å². The molecule has 1 N–H and O–H groups in total. The molecular weight excluding hydrogens is 266 g/mol. The maximum absolute atomic E-state index is 12.5. The molecule has 0 heterocycles. The number of methoxy groups -OCH3 is 1. The van der Waals surface area contributed by atoms with Gasteiger partial charge in [0.25, 0.3) is 5.91 Å². The highest BCUT2D eigenvalue weighted by molar-refractivity contribution is 5.97. The van der Waals surface area contributed by atoms with Crippen LogP contribution in [0.25, 0.3) is 0 Å². The zero-order chi connectivity index (χ0) is 15.7. The Morgan fingerprint density at radius 3 is 2.38 bits per heavy atom. The van der Waals surface area contributed by atoms with Crippen LogP contribution in [0.3, 0.4) is 0 Å². The van der Waals surface area contributed by atoms with Gasteiger partial charge < -0.3 is 14.8 Å². The lowest BCUT2D eigenvalue weighted by Crippen LogP contribution is -2.43. The molecule has 0 fully saturated rings. The minimum absolute atomic E-state index is 0.0884. The van der Waals surface area contributed by atoms with E-state index in [-0.39, 0.29) is 5.91 Å². The molecule has 1 aromatic carbocycles. The van der Waals surface area contributed by atoms with E-state index in [0.717, 1.165) is 37.1 Å². The minimum atomic E-state index is -0.772. The van der Waals surface area contributed by atoms with Crippen molar-refractivity contribution in [3.8, 4) is 5.75 Å². The average Bonchev–Trinajstić information content (AvgIpc) is 2.51. The summed E-state index contributed by atoms with van der Waals surface area (Å²) in [5.74, 6) is 0.679. The highest BCUT2D eigenvalue weighted by atomic mass is 16.5. The minimum Gasteiger partial charge on any atom is -0.497 e. The smallest absolute Gasteiger partial charge is 0.256 e. The number of hydrogen-bond acceptors (Lipinski definition) is 3. The summed E-state index contributed by atoms with van der Waals surface area (Å²) in [7, 11) is 1.62. The van der Waals surface area contributed by atoms with E-state index in [1.54, 1.807) is 7.11 Å². The molecule has 0 unspecified atom stereocenters. The monoisotopic (exact) mass is 293 g/mol. The summed E-state index contributed by atoms with van der Waals surface area (Å²) in [5, 5.41) is 2.93. The highest BCUT2D eigenvalue weighted by Gasteiger charge is 2.33. The van der Waals surface area contributed by atoms with Gasteiger partial charge in [0.05, 0.1) is 7.11 Å². The van der Waals surface area contributed by atoms with E-state index in [9.17, 15) is 4.79 Å². The van der Waals surface area contributed by atoms with Crippen LogP contribution in [0.15, 0.2) is 24.3 Å². The Bertz CT molecular complexity index is 420. The Balaban J connectivity index is 2.73. The Morgan fingerprint density at radius 1 is 1.19 bits per heavy atom. The number of anilines is 1. The van der Waals surface area contributed by atoms with Gasteiger partial charge >= 0.3 is 0 Å². The molecule has 1 atom stereocenters. The van der Waals surface area contributed by atoms with Gasteiger partial charge in [-0.25, -0.2) is 0 Å². The number of unbranched alkanes of at least 4 members (excludes halogenated alkanes) is 1. The largest absolute Gasteiger partial charge is 0.497 e. The van der Waals surface area contributed by atoms with E-state index in [1.165, 1.54) is 0 Å². The Hall–Kier alpha value is -1.55. The van der Waals surface area contributed by atoms with Crippen LogP contribution >= 0.6 is 0 Å². The number of carbonyl (C=O) groups excluding carboxylic acids is 1. The summed E-state index contributed by atoms with van der Waals surface area (Å²) in [5.41, 5.74) is -0.0185. The fourth-order valence-electron chi connectivity index (χ4n) is 2.03. The first-order valence-electron chi connectivity index (χ1n) is 7.65. The first-order valence-corrected chi connectivity index (χ1v) is 7.65. The molecule has 1 rings (SSSR count). The topological polar surface area (TPSA) is 47.6 Å². The maximum atomic E-state index is 12.5. The molecule has 0 bridgehead atoms. The molecule has 1 aromatic rings. The van der Waals surface area contributed by atoms with Crippen LogP contribution in [0, 0.1) is 0 Å². The normalized spacial score (nSPS) is 13.5. The van der Waals surface area contributed by atoms with Crippen LogP contribution in [0.2, 0.25) is 0 Å². The number of ether oxygens (including phenoxy) is 2. The molecule has 21 heavy (non-hydrogen) atoms. The van der Waals surface area contributed by atoms with Gasteiger partial charge in [-0.05, 0) is 44.0 Å². The van der Waals surface area contributed by atoms with Crippen LogP contribution in [0.5, 0.6) is 5.75 Å². The number of amides is 1. The second-order valence-corrected chi connectivity index (χ2v) is 5.37. The Labute approximate surface area is 127 Å². The third-order valence-electron chi connectivity index (χ3n) is 3.46. The molecule has 0 aliphatic carbocycles. The predicted octanol–water partition coefficient (Wildman–Crippen LogP) is 4.01. The SMILES string of the molecule is CCCC[C@](C)(OCCC)C(=O)Nc1ccc(OC)cc1. The fraction of sp³-hybridized carbons (Fsp3) is 0.588. The van der Waals surface area contributed by atoms with Crippen LogP contribution in [-0.2, 0) is 9.53 Å². The third-order valence-corrected chi connectivity index (χ3v) is 3.46. The van der Waals surface area contributed by atoms with E-state index in [0.29, 0.717) is 6.61 Å². The third kappa shape index (κ3) is 5.38. The first-order chi connectivity index (χ1) is 10.1. The maximum Gasteiger partial charge on any atom is 0.256 e. The Kier molecular flexibility index (Phi) is 7.23. The molecule has 4 nitrogen and oxygen atoms in total. The summed E-state index contributed by atoms with van der Waals surface area (Å²) in [6, 6.07) is 7.31. The number of benzene rings is 1. The van der Waals surface area contributed by atoms with E-state index in [4.69, 9.17) is 9.47 Å². The first kappa shape index (κ1) is 17.5. The van der Waals surface area contributed by atoms with Crippen molar-refractivity contribution in [1.29, 1.82) is 0 Å². The Morgan fingerprint density at radius 2 is 1.86 bits per heavy atom. The summed E-state index contributed by atoms with van der Waals surface area (Å²) in [6.45, 7) is 6.62. The lowest BCUT2D eigenvalue weighted by molar-refractivity contribution is -0.140. The molecule has 0 saturated heterocycles. The van der Waals surface area contributed by atoms with Gasteiger partial charge in [-0.15, -0.1) is 0 Å². The highest BCUT2D eigenvalue weighted by Crippen LogP contribution is 2.23. The predicted molar refractivity (Wildman–Crippen MR) is 85.8 cm³/mol. The molecule has 0 aromatic heterocycles. The summed E-state index contributed by atoms with van der Waals surface area (Å²) < 4.78 is 10.9. The number of hydrogen-bond donors (Lipinski definition) is 1. The molecule has 0 spiro atoms. The quantitative estimate of drug-likeness (QED) is 0.748. The molecule has 0 saturated carbocycles. The van der Waals surface area contributed by atoms with Gasteiger partial charge in [-0.3, -0.25) is 4.79 Å². The standard InChI is InChI=1S/C17H27NO3/c1-5-7-12-17(3,21-13-6-2)16(19)18-14-8-10-15(20-4)11-9-14/h8-11H,5-7,12-13H2,1-4H3,(H,18,19)/t17-/m0/s1. The lowest BCUT2D eigenvalue weighted by atomic mass is 9.97. The zero-order valence-corrected chi connectivity index (χ0v) is 13.6. The van der Waals surface area contributed by atoms with Crippen LogP contribution in [0.4, 0.5) is 5.69 Å². The van der Waals surface area contributed by atoms with E-state index in [1.807, 2.05) is 38.1 Å². The molecule has 118 valence electrons. The van der Waals surface area contributed by atoms with Gasteiger partial charge in [-0.2, -0.15) is 0 Å². The average molecular weight is 293 g/mol. The van der Waals surface area contributed by atoms with Gasteiger partial charge in [0.2, 0.25) is 0 Å². The summed E-state index contributed by atoms with van der Waals surface area (Å²) in [6.07, 6.45) is 3.64. The summed E-state index contributed by atoms with van der Waals surface area (Å²) >= 11 is 0. The van der Waals surface area contributed by atoms with Crippen LogP contribution in [-0.4, -0.2) is 25.2 Å². The number of carbonyl (C=O) groups is 1. The van der Waals surface area contributed by atoms with Crippen molar-refractivity contribution in [3.63, 3.8) is 0 Å². The molecule has 4 heteroatoms. The van der Waals surface area contributed by atoms with Gasteiger partial charge in [0.15, 0.2) is 0 Å². The molecule has 1 amide bonds. The summed E-state index contributed by atoms with van der Waals surface area (Å²) in [4.78, 5) is 12.5. The van der Waals surface area contributed by atoms with Crippen LogP contribution in [0.1, 0.15) is 46.5 Å². The molecular formula is C17H27NO3. The van der Waals surface area contributed by atoms with Gasteiger partial charge in [0.1, 0.15) is 11.4 Å². The lowest BCUT2D eigenvalue weighted by Gasteiger charge is -2.28. The van der Waals surface area contributed by atoms with Gasteiger partial charge in [-0.1, -0.05) is 26.7 Å². The van der Waals surface area contributed by atoms with Gasteiger partial charge in [0, 0.05) is 12.3 Å². The molecule has 0 aliphatic rings. The van der Waals surface area contributed by atoms with E-state index < -0.39 is 5.60 Å². The van der Waals surface area contributed by atoms with E-state index in [2.05, 4.69) is 12.2 Å². The van der Waals surface area contributed by atoms with E-state index >= 15 is 0 Å². The van der Waals surface area contributed by atoms with Crippen molar-refractivity contribution in [3.05, 3.63) is 24.3 Å². The van der Waals surface area contributed by atoms with Crippen molar-refractivity contribution < 1.29 is 14.3 Å². The fourth-order valence-corrected chi connectivity index (χ4v) is 2.03. The van der Waals surface area contributed by atoms with Crippen molar-refractivity contribution >= 4 is 11.6 Å². The molecule has 0 aliphatic heterocycles. The number of nitrogens with one attached hydrogen (secondary N) is 1. The van der Waals surface area contributed by atoms with Crippen molar-refractivity contribution in [2.24, 2.45) is 0 Å². The second kappa shape index (κ2) is 8.67. The zero-order valence-electron chi connectivity index (χ0n) is 13.6. The second-order valence-electron chi connectivity index (χ2n) is 5.37. The van der Waals surface area contributed by atoms with Crippen molar-refractivity contribution in [2.45, 2.75) is 52.1 Å². The number of rotatable bonds is 9. The molecule has 0 radical (unpaired) electrons. The van der Waals surface area contributed by atoms with Crippen molar-refractivity contribution in [1.82, 2.24) is 0 Å². The van der Waals surface area contributed by atoms with Crippen molar-refractivity contribution in [2.75, 3.05) is 19.0 Å².